The highest BCUT2D eigenvalue weighted by molar-refractivity contribution is 6.36. The van der Waals surface area contributed by atoms with Gasteiger partial charge >= 0.3 is 0 Å². The molecule has 7 heteroatoms. The van der Waals surface area contributed by atoms with Crippen LogP contribution >= 0.6 is 23.2 Å². The molecule has 3 rings (SSSR count). The van der Waals surface area contributed by atoms with Crippen molar-refractivity contribution in [3.05, 3.63) is 76.5 Å². The maximum atomic E-state index is 12.3. The third-order valence-corrected chi connectivity index (χ3v) is 4.11. The smallest absolute Gasteiger partial charge is 0.267 e. The predicted molar refractivity (Wildman–Crippen MR) is 104 cm³/mol. The minimum Gasteiger partial charge on any atom is -0.358 e. The van der Waals surface area contributed by atoms with Crippen molar-refractivity contribution in [3.63, 3.8) is 0 Å². The highest BCUT2D eigenvalue weighted by atomic mass is 35.5. The van der Waals surface area contributed by atoms with E-state index in [4.69, 9.17) is 23.2 Å². The summed E-state index contributed by atoms with van der Waals surface area (Å²) in [5.74, 6) is -0.600. The number of anilines is 2. The Labute approximate surface area is 159 Å². The lowest BCUT2D eigenvalue weighted by atomic mass is 10.2. The summed E-state index contributed by atoms with van der Waals surface area (Å²) in [4.78, 5) is 16.6. The lowest BCUT2D eigenvalue weighted by Crippen LogP contribution is -2.15. The van der Waals surface area contributed by atoms with Crippen LogP contribution in [0.4, 0.5) is 11.4 Å². The third kappa shape index (κ3) is 3.94. The molecular weight excluding hydrogens is 371 g/mol. The quantitative estimate of drug-likeness (QED) is 0.491. The van der Waals surface area contributed by atoms with Crippen LogP contribution in [0.3, 0.4) is 0 Å². The zero-order valence-electron chi connectivity index (χ0n) is 13.3. The molecule has 5 nitrogen and oxygen atoms in total. The molecule has 1 aromatic heterocycles. The molecule has 0 fully saturated rings. The summed E-state index contributed by atoms with van der Waals surface area (Å²) in [7, 11) is 0. The minimum absolute atomic E-state index is 0.117. The Hall–Kier alpha value is -3.07. The molecule has 3 aromatic rings. The summed E-state index contributed by atoms with van der Waals surface area (Å²) in [6, 6.07) is 15.9. The predicted octanol–water partition coefficient (Wildman–Crippen LogP) is 5.00. The van der Waals surface area contributed by atoms with E-state index < -0.39 is 5.91 Å². The molecular formula is C19H12Cl2N4O. The number of fused-ring (bicyclic) bond motifs is 1. The fourth-order valence-corrected chi connectivity index (χ4v) is 2.64. The van der Waals surface area contributed by atoms with Gasteiger partial charge in [0.15, 0.2) is 0 Å². The summed E-state index contributed by atoms with van der Waals surface area (Å²) < 4.78 is 0. The molecule has 0 spiro atoms. The number of halogens is 2. The van der Waals surface area contributed by atoms with Crippen molar-refractivity contribution in [2.75, 3.05) is 10.6 Å². The number of aromatic nitrogens is 1. The SMILES string of the molecule is N#C/C(=C/Nc1cccc2cccnc12)C(=O)Nc1cc(Cl)ccc1Cl. The molecule has 0 bridgehead atoms. The number of hydrogen-bond donors (Lipinski definition) is 2. The van der Waals surface area contributed by atoms with Gasteiger partial charge in [-0.2, -0.15) is 5.26 Å². The number of hydrogen-bond acceptors (Lipinski definition) is 4. The first-order chi connectivity index (χ1) is 12.6. The van der Waals surface area contributed by atoms with E-state index in [9.17, 15) is 10.1 Å². The lowest BCUT2D eigenvalue weighted by Gasteiger charge is -2.08. The number of amides is 1. The Balaban J connectivity index is 1.83. The topological polar surface area (TPSA) is 77.8 Å². The molecule has 0 saturated carbocycles. The average molecular weight is 383 g/mol. The number of carbonyl (C=O) groups is 1. The molecule has 128 valence electrons. The van der Waals surface area contributed by atoms with Crippen LogP contribution in [0.25, 0.3) is 10.9 Å². The van der Waals surface area contributed by atoms with Gasteiger partial charge in [-0.05, 0) is 30.3 Å². The first kappa shape index (κ1) is 17.7. The monoisotopic (exact) mass is 382 g/mol. The van der Waals surface area contributed by atoms with Crippen LogP contribution in [-0.2, 0) is 4.79 Å². The second-order valence-electron chi connectivity index (χ2n) is 5.27. The van der Waals surface area contributed by atoms with Gasteiger partial charge in [0.25, 0.3) is 5.91 Å². The van der Waals surface area contributed by atoms with E-state index in [1.54, 1.807) is 18.3 Å². The van der Waals surface area contributed by atoms with E-state index in [0.717, 1.165) is 10.9 Å². The van der Waals surface area contributed by atoms with Gasteiger partial charge in [-0.3, -0.25) is 9.78 Å². The molecule has 0 unspecified atom stereocenters. The molecule has 2 N–H and O–H groups in total. The van der Waals surface area contributed by atoms with Crippen molar-refractivity contribution in [3.8, 4) is 6.07 Å². The molecule has 0 radical (unpaired) electrons. The molecule has 2 aromatic carbocycles. The Morgan fingerprint density at radius 1 is 1.12 bits per heavy atom. The fraction of sp³-hybridized carbons (Fsp3) is 0. The number of carbonyl (C=O) groups excluding carboxylic acids is 1. The van der Waals surface area contributed by atoms with E-state index in [-0.39, 0.29) is 5.57 Å². The largest absolute Gasteiger partial charge is 0.358 e. The van der Waals surface area contributed by atoms with Gasteiger partial charge in [-0.15, -0.1) is 0 Å². The van der Waals surface area contributed by atoms with Crippen LogP contribution < -0.4 is 10.6 Å². The van der Waals surface area contributed by atoms with Crippen molar-refractivity contribution in [2.24, 2.45) is 0 Å². The van der Waals surface area contributed by atoms with Gasteiger partial charge in [-0.1, -0.05) is 41.4 Å². The third-order valence-electron chi connectivity index (χ3n) is 3.55. The van der Waals surface area contributed by atoms with Crippen LogP contribution in [-0.4, -0.2) is 10.9 Å². The molecule has 0 saturated heterocycles. The van der Waals surface area contributed by atoms with E-state index in [1.165, 1.54) is 12.3 Å². The summed E-state index contributed by atoms with van der Waals surface area (Å²) >= 11 is 11.9. The van der Waals surface area contributed by atoms with Gasteiger partial charge in [-0.25, -0.2) is 0 Å². The zero-order chi connectivity index (χ0) is 18.5. The van der Waals surface area contributed by atoms with Crippen LogP contribution in [0.1, 0.15) is 0 Å². The number of nitrogens with one attached hydrogen (secondary N) is 2. The van der Waals surface area contributed by atoms with Crippen molar-refractivity contribution >= 4 is 51.4 Å². The van der Waals surface area contributed by atoms with Gasteiger partial charge in [0, 0.05) is 22.8 Å². The van der Waals surface area contributed by atoms with E-state index >= 15 is 0 Å². The lowest BCUT2D eigenvalue weighted by molar-refractivity contribution is -0.112. The van der Waals surface area contributed by atoms with E-state index in [0.29, 0.717) is 21.4 Å². The van der Waals surface area contributed by atoms with Crippen molar-refractivity contribution in [1.82, 2.24) is 4.98 Å². The molecule has 0 aliphatic rings. The molecule has 26 heavy (non-hydrogen) atoms. The van der Waals surface area contributed by atoms with Crippen molar-refractivity contribution < 1.29 is 4.79 Å². The van der Waals surface area contributed by atoms with Crippen LogP contribution in [0, 0.1) is 11.3 Å². The van der Waals surface area contributed by atoms with Gasteiger partial charge in [0.2, 0.25) is 0 Å². The normalized spacial score (nSPS) is 11.0. The van der Waals surface area contributed by atoms with Crippen LogP contribution in [0.15, 0.2) is 66.5 Å². The second kappa shape index (κ2) is 7.87. The summed E-state index contributed by atoms with van der Waals surface area (Å²) in [5, 5.41) is 16.5. The Kier molecular flexibility index (Phi) is 5.37. The number of nitrogens with zero attached hydrogens (tertiary/aromatic N) is 2. The zero-order valence-corrected chi connectivity index (χ0v) is 14.8. The number of pyridine rings is 1. The first-order valence-corrected chi connectivity index (χ1v) is 8.31. The Bertz CT molecular complexity index is 1050. The number of para-hydroxylation sites is 1. The van der Waals surface area contributed by atoms with Gasteiger partial charge in [0.1, 0.15) is 11.6 Å². The van der Waals surface area contributed by atoms with E-state index in [1.807, 2.05) is 36.4 Å². The molecule has 0 atom stereocenters. The Morgan fingerprint density at radius 3 is 2.73 bits per heavy atom. The highest BCUT2D eigenvalue weighted by Crippen LogP contribution is 2.26. The summed E-state index contributed by atoms with van der Waals surface area (Å²) in [6.07, 6.45) is 3.01. The minimum atomic E-state index is -0.600. The standard InChI is InChI=1S/C19H12Cl2N4O/c20-14-6-7-15(21)17(9-14)25-19(26)13(10-22)11-24-16-5-1-3-12-4-2-8-23-18(12)16/h1-9,11,24H,(H,25,26)/b13-11-. The molecule has 0 aliphatic heterocycles. The number of nitriles is 1. The number of benzene rings is 2. The van der Waals surface area contributed by atoms with Crippen LogP contribution in [0.2, 0.25) is 10.0 Å². The molecule has 1 heterocycles. The Morgan fingerprint density at radius 2 is 1.92 bits per heavy atom. The second-order valence-corrected chi connectivity index (χ2v) is 6.12. The summed E-state index contributed by atoms with van der Waals surface area (Å²) in [5.41, 5.74) is 1.64. The highest BCUT2D eigenvalue weighted by Gasteiger charge is 2.12. The van der Waals surface area contributed by atoms with Gasteiger partial charge < -0.3 is 10.6 Å². The molecule has 1 amide bonds. The van der Waals surface area contributed by atoms with Crippen LogP contribution in [0.5, 0.6) is 0 Å². The molecule has 0 aliphatic carbocycles. The van der Waals surface area contributed by atoms with Crippen molar-refractivity contribution in [2.45, 2.75) is 0 Å². The van der Waals surface area contributed by atoms with E-state index in [2.05, 4.69) is 15.6 Å². The summed E-state index contributed by atoms with van der Waals surface area (Å²) in [6.45, 7) is 0. The maximum absolute atomic E-state index is 12.3. The maximum Gasteiger partial charge on any atom is 0.267 e. The first-order valence-electron chi connectivity index (χ1n) is 7.55. The van der Waals surface area contributed by atoms with Gasteiger partial charge in [0.05, 0.1) is 21.9 Å². The average Bonchev–Trinajstić information content (AvgIpc) is 2.65. The number of rotatable bonds is 4. The van der Waals surface area contributed by atoms with Crippen molar-refractivity contribution in [1.29, 1.82) is 5.26 Å². The fourth-order valence-electron chi connectivity index (χ4n) is 2.30.